The fourth-order valence-corrected chi connectivity index (χ4v) is 3.06. The average molecular weight is 486 g/mol. The van der Waals surface area contributed by atoms with Gasteiger partial charge in [-0.15, -0.1) is 13.2 Å². The monoisotopic (exact) mass is 486 g/mol. The summed E-state index contributed by atoms with van der Waals surface area (Å²) >= 11 is 0. The number of nitrogens with one attached hydrogen (secondary N) is 2. The van der Waals surface area contributed by atoms with Crippen LogP contribution in [0.5, 0.6) is 5.75 Å². The Labute approximate surface area is 190 Å². The van der Waals surface area contributed by atoms with Crippen molar-refractivity contribution in [1.82, 2.24) is 9.97 Å². The van der Waals surface area contributed by atoms with E-state index in [-0.39, 0.29) is 40.9 Å². The molecular weight excluding hydrogens is 466 g/mol. The van der Waals surface area contributed by atoms with Crippen LogP contribution in [0.3, 0.4) is 0 Å². The lowest BCUT2D eigenvalue weighted by atomic mass is 10.1. The minimum absolute atomic E-state index is 0.00771. The highest BCUT2D eigenvalue weighted by Crippen LogP contribution is 2.36. The van der Waals surface area contributed by atoms with E-state index in [1.807, 2.05) is 0 Å². The van der Waals surface area contributed by atoms with Crippen LogP contribution in [0.4, 0.5) is 43.8 Å². The lowest BCUT2D eigenvalue weighted by Crippen LogP contribution is -2.21. The molecule has 3 N–H and O–H groups in total. The van der Waals surface area contributed by atoms with Crippen LogP contribution >= 0.6 is 0 Å². The molecule has 182 valence electrons. The molecule has 0 saturated heterocycles. The van der Waals surface area contributed by atoms with Crippen molar-refractivity contribution in [3.8, 4) is 17.0 Å². The number of anilines is 3. The summed E-state index contributed by atoms with van der Waals surface area (Å²) in [5.74, 6) is -0.374. The van der Waals surface area contributed by atoms with E-state index in [2.05, 4.69) is 25.3 Å². The minimum Gasteiger partial charge on any atom is -0.406 e. The first kappa shape index (κ1) is 25.1. The number of benzene rings is 2. The van der Waals surface area contributed by atoms with Gasteiger partial charge in [0.05, 0.1) is 17.9 Å². The first-order valence-corrected chi connectivity index (χ1v) is 9.92. The second kappa shape index (κ2) is 9.75. The van der Waals surface area contributed by atoms with Crippen molar-refractivity contribution in [3.63, 3.8) is 0 Å². The summed E-state index contributed by atoms with van der Waals surface area (Å²) < 4.78 is 81.6. The van der Waals surface area contributed by atoms with Crippen LogP contribution in [-0.2, 0) is 6.18 Å². The highest BCUT2D eigenvalue weighted by molar-refractivity contribution is 5.70. The topological polar surface area (TPSA) is 79.3 Å². The Hall–Kier alpha value is -3.54. The van der Waals surface area contributed by atoms with Crippen LogP contribution in [0, 0.1) is 6.92 Å². The average Bonchev–Trinajstić information content (AvgIpc) is 2.73. The lowest BCUT2D eigenvalue weighted by molar-refractivity contribution is -0.274. The Morgan fingerprint density at radius 3 is 2.35 bits per heavy atom. The van der Waals surface area contributed by atoms with E-state index >= 15 is 0 Å². The van der Waals surface area contributed by atoms with E-state index in [1.165, 1.54) is 37.3 Å². The number of rotatable bonds is 7. The van der Waals surface area contributed by atoms with Gasteiger partial charge in [-0.3, -0.25) is 0 Å². The van der Waals surface area contributed by atoms with Gasteiger partial charge in [0.25, 0.3) is 0 Å². The molecule has 0 saturated carbocycles. The van der Waals surface area contributed by atoms with Gasteiger partial charge in [0.1, 0.15) is 11.6 Å². The number of hydrogen-bond acceptors (Lipinski definition) is 6. The largest absolute Gasteiger partial charge is 0.573 e. The summed E-state index contributed by atoms with van der Waals surface area (Å²) in [4.78, 5) is 8.48. The van der Waals surface area contributed by atoms with Crippen molar-refractivity contribution in [2.75, 3.05) is 17.2 Å². The number of aliphatic hydroxyl groups excluding tert-OH is 1. The summed E-state index contributed by atoms with van der Waals surface area (Å²) in [6, 6.07) is 9.60. The van der Waals surface area contributed by atoms with E-state index in [4.69, 9.17) is 0 Å². The third-order valence-electron chi connectivity index (χ3n) is 4.64. The Morgan fingerprint density at radius 2 is 1.71 bits per heavy atom. The quantitative estimate of drug-likeness (QED) is 0.361. The number of alkyl halides is 6. The SMILES string of the molecule is Cc1c(Nc2cc(-c3cccc(OC(F)(F)F)c3)nc(N[C@H](C)CO)n2)cccc1C(F)(F)F. The van der Waals surface area contributed by atoms with Crippen LogP contribution in [0.2, 0.25) is 0 Å². The Kier molecular flexibility index (Phi) is 7.20. The molecule has 1 atom stereocenters. The maximum absolute atomic E-state index is 13.3. The maximum Gasteiger partial charge on any atom is 0.573 e. The molecule has 12 heteroatoms. The molecule has 0 aliphatic rings. The van der Waals surface area contributed by atoms with Gasteiger partial charge in [-0.1, -0.05) is 18.2 Å². The molecule has 6 nitrogen and oxygen atoms in total. The van der Waals surface area contributed by atoms with Gasteiger partial charge in [0, 0.05) is 23.4 Å². The van der Waals surface area contributed by atoms with E-state index in [0.29, 0.717) is 0 Å². The molecular formula is C22H20F6N4O2. The second-order valence-electron chi connectivity index (χ2n) is 7.37. The summed E-state index contributed by atoms with van der Waals surface area (Å²) in [6.07, 6.45) is -9.44. The zero-order valence-corrected chi connectivity index (χ0v) is 17.9. The number of aromatic nitrogens is 2. The van der Waals surface area contributed by atoms with Crippen molar-refractivity contribution in [1.29, 1.82) is 0 Å². The van der Waals surface area contributed by atoms with Gasteiger partial charge in [0.2, 0.25) is 5.95 Å². The third-order valence-corrected chi connectivity index (χ3v) is 4.64. The molecule has 0 aliphatic heterocycles. The summed E-state index contributed by atoms with van der Waals surface area (Å²) in [5.41, 5.74) is -0.338. The normalized spacial score (nSPS) is 12.9. The fourth-order valence-electron chi connectivity index (χ4n) is 3.06. The Balaban J connectivity index is 2.04. The van der Waals surface area contributed by atoms with Gasteiger partial charge in [-0.25, -0.2) is 4.98 Å². The highest BCUT2D eigenvalue weighted by atomic mass is 19.4. The molecule has 0 unspecified atom stereocenters. The van der Waals surface area contributed by atoms with E-state index in [0.717, 1.165) is 18.2 Å². The first-order valence-electron chi connectivity index (χ1n) is 9.92. The molecule has 0 fully saturated rings. The van der Waals surface area contributed by atoms with E-state index in [9.17, 15) is 31.4 Å². The molecule has 0 radical (unpaired) electrons. The van der Waals surface area contributed by atoms with Gasteiger partial charge < -0.3 is 20.5 Å². The lowest BCUT2D eigenvalue weighted by Gasteiger charge is -2.17. The maximum atomic E-state index is 13.3. The first-order chi connectivity index (χ1) is 15.9. The number of ether oxygens (including phenoxy) is 1. The Bertz CT molecular complexity index is 1150. The smallest absolute Gasteiger partial charge is 0.406 e. The summed E-state index contributed by atoms with van der Waals surface area (Å²) in [5, 5.41) is 15.0. The van der Waals surface area contributed by atoms with Gasteiger partial charge in [-0.05, 0) is 43.7 Å². The van der Waals surface area contributed by atoms with Gasteiger partial charge in [-0.2, -0.15) is 18.2 Å². The van der Waals surface area contributed by atoms with E-state index < -0.39 is 29.9 Å². The molecule has 0 amide bonds. The van der Waals surface area contributed by atoms with Crippen LogP contribution in [0.25, 0.3) is 11.3 Å². The molecule has 0 bridgehead atoms. The predicted octanol–water partition coefficient (Wildman–Crippen LogP) is 5.91. The van der Waals surface area contributed by atoms with Crippen LogP contribution in [-0.4, -0.2) is 34.1 Å². The van der Waals surface area contributed by atoms with Gasteiger partial charge >= 0.3 is 12.5 Å². The molecule has 1 heterocycles. The highest BCUT2D eigenvalue weighted by Gasteiger charge is 2.33. The minimum atomic E-state index is -4.89. The number of nitrogens with zero attached hydrogens (tertiary/aromatic N) is 2. The number of aliphatic hydroxyl groups is 1. The molecule has 3 aromatic rings. The fraction of sp³-hybridized carbons (Fsp3) is 0.273. The van der Waals surface area contributed by atoms with Crippen molar-refractivity contribution in [2.24, 2.45) is 0 Å². The van der Waals surface area contributed by atoms with E-state index in [1.54, 1.807) is 6.92 Å². The predicted molar refractivity (Wildman–Crippen MR) is 114 cm³/mol. The van der Waals surface area contributed by atoms with Crippen LogP contribution in [0.15, 0.2) is 48.5 Å². The molecule has 3 rings (SSSR count). The summed E-state index contributed by atoms with van der Waals surface area (Å²) in [7, 11) is 0. The molecule has 0 spiro atoms. The van der Waals surface area contributed by atoms with Crippen LogP contribution in [0.1, 0.15) is 18.1 Å². The van der Waals surface area contributed by atoms with Gasteiger partial charge in [0.15, 0.2) is 0 Å². The van der Waals surface area contributed by atoms with Crippen molar-refractivity contribution in [3.05, 3.63) is 59.7 Å². The Morgan fingerprint density at radius 1 is 1.00 bits per heavy atom. The van der Waals surface area contributed by atoms with Crippen molar-refractivity contribution < 1.29 is 36.2 Å². The summed E-state index contributed by atoms with van der Waals surface area (Å²) in [6.45, 7) is 2.67. The van der Waals surface area contributed by atoms with Crippen molar-refractivity contribution >= 4 is 17.5 Å². The standard InChI is InChI=1S/C22H20F6N4O2/c1-12(11-33)29-20-31-18(14-5-3-6-15(9-14)34-22(26,27)28)10-19(32-20)30-17-8-4-7-16(13(17)2)21(23,24)25/h3-10,12,33H,11H2,1-2H3,(H2,29,30,31,32)/t12-/m1/s1. The molecule has 34 heavy (non-hydrogen) atoms. The molecule has 2 aromatic carbocycles. The number of halogens is 6. The van der Waals surface area contributed by atoms with Crippen molar-refractivity contribution in [2.45, 2.75) is 32.4 Å². The zero-order valence-electron chi connectivity index (χ0n) is 17.9. The molecule has 1 aromatic heterocycles. The third kappa shape index (κ3) is 6.50. The molecule has 0 aliphatic carbocycles. The second-order valence-corrected chi connectivity index (χ2v) is 7.37. The van der Waals surface area contributed by atoms with Crippen LogP contribution < -0.4 is 15.4 Å². The number of hydrogen-bond donors (Lipinski definition) is 3. The zero-order chi connectivity index (χ0) is 25.1.